The fraction of sp³-hybridized carbons (Fsp3) is 0.611. The van der Waals surface area contributed by atoms with Crippen molar-refractivity contribution in [3.05, 3.63) is 35.4 Å². The zero-order valence-corrected chi connectivity index (χ0v) is 13.1. The van der Waals surface area contributed by atoms with Crippen LogP contribution in [0, 0.1) is 5.92 Å². The molecule has 2 bridgehead atoms. The molecule has 4 aliphatic heterocycles. The minimum Gasteiger partial charge on any atom is -0.334 e. The van der Waals surface area contributed by atoms with Gasteiger partial charge in [0.15, 0.2) is 0 Å². The lowest BCUT2D eigenvalue weighted by atomic mass is 9.84. The first-order chi connectivity index (χ1) is 10.8. The van der Waals surface area contributed by atoms with Gasteiger partial charge in [-0.3, -0.25) is 0 Å². The molecule has 0 radical (unpaired) electrons. The van der Waals surface area contributed by atoms with E-state index in [9.17, 15) is 4.79 Å². The van der Waals surface area contributed by atoms with Crippen LogP contribution in [0.3, 0.4) is 0 Å². The van der Waals surface area contributed by atoms with Crippen LogP contribution >= 0.6 is 0 Å². The number of hydrogen-bond acceptors (Lipinski definition) is 2. The molecule has 118 valence electrons. The van der Waals surface area contributed by atoms with Gasteiger partial charge in [-0.2, -0.15) is 0 Å². The predicted molar refractivity (Wildman–Crippen MR) is 86.9 cm³/mol. The second-order valence-corrected chi connectivity index (χ2v) is 6.95. The van der Waals surface area contributed by atoms with Crippen LogP contribution in [0.5, 0.6) is 0 Å². The van der Waals surface area contributed by atoms with Crippen molar-refractivity contribution in [2.75, 3.05) is 32.7 Å². The van der Waals surface area contributed by atoms with Gasteiger partial charge in [0.25, 0.3) is 0 Å². The summed E-state index contributed by atoms with van der Waals surface area (Å²) in [6.45, 7) is 5.16. The number of nitrogens with one attached hydrogen (secondary N) is 1. The molecule has 5 rings (SSSR count). The SMILES string of the molecule is O=C(NC1CN2CCC1CC2)N1CCc2ccccc2CC1. The first-order valence-corrected chi connectivity index (χ1v) is 8.64. The number of fused-ring (bicyclic) bond motifs is 4. The van der Waals surface area contributed by atoms with Gasteiger partial charge in [-0.15, -0.1) is 0 Å². The molecule has 4 heterocycles. The van der Waals surface area contributed by atoms with Gasteiger partial charge in [0, 0.05) is 25.7 Å². The van der Waals surface area contributed by atoms with Crippen molar-refractivity contribution < 1.29 is 4.79 Å². The lowest BCUT2D eigenvalue weighted by Gasteiger charge is -2.45. The molecule has 0 spiro atoms. The van der Waals surface area contributed by atoms with Crippen LogP contribution in [-0.2, 0) is 12.8 Å². The fourth-order valence-electron chi connectivity index (χ4n) is 4.25. The van der Waals surface area contributed by atoms with Crippen molar-refractivity contribution in [1.29, 1.82) is 0 Å². The third-order valence-corrected chi connectivity index (χ3v) is 5.67. The van der Waals surface area contributed by atoms with E-state index >= 15 is 0 Å². The molecule has 0 aromatic heterocycles. The molecule has 1 N–H and O–H groups in total. The van der Waals surface area contributed by atoms with Gasteiger partial charge in [-0.05, 0) is 55.8 Å². The Labute approximate surface area is 132 Å². The van der Waals surface area contributed by atoms with Crippen molar-refractivity contribution in [2.24, 2.45) is 5.92 Å². The quantitative estimate of drug-likeness (QED) is 0.859. The van der Waals surface area contributed by atoms with E-state index in [4.69, 9.17) is 0 Å². The first kappa shape index (κ1) is 14.1. The Hall–Kier alpha value is -1.55. The summed E-state index contributed by atoms with van der Waals surface area (Å²) in [4.78, 5) is 17.1. The highest BCUT2D eigenvalue weighted by atomic mass is 16.2. The van der Waals surface area contributed by atoms with Crippen molar-refractivity contribution in [3.8, 4) is 0 Å². The molecule has 4 nitrogen and oxygen atoms in total. The molecule has 0 aliphatic carbocycles. The van der Waals surface area contributed by atoms with E-state index in [1.807, 2.05) is 4.90 Å². The summed E-state index contributed by atoms with van der Waals surface area (Å²) in [6, 6.07) is 9.10. The minimum atomic E-state index is 0.145. The summed E-state index contributed by atoms with van der Waals surface area (Å²) < 4.78 is 0. The molecule has 0 saturated carbocycles. The van der Waals surface area contributed by atoms with E-state index in [1.54, 1.807) is 0 Å². The molecule has 2 amide bonds. The Kier molecular flexibility index (Phi) is 3.78. The lowest BCUT2D eigenvalue weighted by Crippen LogP contribution is -2.59. The molecular formula is C18H25N3O. The maximum Gasteiger partial charge on any atom is 0.317 e. The van der Waals surface area contributed by atoms with E-state index in [2.05, 4.69) is 34.5 Å². The van der Waals surface area contributed by atoms with Crippen LogP contribution in [0.15, 0.2) is 24.3 Å². The van der Waals surface area contributed by atoms with E-state index in [0.29, 0.717) is 12.0 Å². The smallest absolute Gasteiger partial charge is 0.317 e. The van der Waals surface area contributed by atoms with Gasteiger partial charge in [0.2, 0.25) is 0 Å². The van der Waals surface area contributed by atoms with Crippen LogP contribution in [0.2, 0.25) is 0 Å². The highest BCUT2D eigenvalue weighted by Gasteiger charge is 2.35. The Bertz CT molecular complexity index is 524. The number of hydrogen-bond donors (Lipinski definition) is 1. The Morgan fingerprint density at radius 2 is 1.64 bits per heavy atom. The zero-order chi connectivity index (χ0) is 14.9. The molecule has 22 heavy (non-hydrogen) atoms. The number of urea groups is 1. The Balaban J connectivity index is 1.37. The van der Waals surface area contributed by atoms with Crippen LogP contribution in [0.1, 0.15) is 24.0 Å². The average molecular weight is 299 g/mol. The average Bonchev–Trinajstić information content (AvgIpc) is 2.78. The van der Waals surface area contributed by atoms with Crippen molar-refractivity contribution in [3.63, 3.8) is 0 Å². The third kappa shape index (κ3) is 2.72. The molecule has 1 aromatic rings. The maximum atomic E-state index is 12.6. The maximum absolute atomic E-state index is 12.6. The highest BCUT2D eigenvalue weighted by molar-refractivity contribution is 5.74. The molecule has 3 fully saturated rings. The Morgan fingerprint density at radius 3 is 2.18 bits per heavy atom. The largest absolute Gasteiger partial charge is 0.334 e. The topological polar surface area (TPSA) is 35.6 Å². The second kappa shape index (κ2) is 5.92. The first-order valence-electron chi connectivity index (χ1n) is 8.64. The van der Waals surface area contributed by atoms with Crippen LogP contribution < -0.4 is 5.32 Å². The van der Waals surface area contributed by atoms with Gasteiger partial charge >= 0.3 is 6.03 Å². The molecule has 1 atom stereocenters. The lowest BCUT2D eigenvalue weighted by molar-refractivity contribution is 0.0731. The number of nitrogens with zero attached hydrogens (tertiary/aromatic N) is 2. The van der Waals surface area contributed by atoms with Crippen molar-refractivity contribution in [2.45, 2.75) is 31.7 Å². The van der Waals surface area contributed by atoms with Gasteiger partial charge in [0.05, 0.1) is 0 Å². The van der Waals surface area contributed by atoms with Crippen molar-refractivity contribution in [1.82, 2.24) is 15.1 Å². The standard InChI is InChI=1S/C18H25N3O/c22-18(19-17-13-20-9-5-16(17)6-10-20)21-11-7-14-3-1-2-4-15(14)8-12-21/h1-4,16-17H,5-13H2,(H,19,22). The summed E-state index contributed by atoms with van der Waals surface area (Å²) >= 11 is 0. The molecule has 1 unspecified atom stereocenters. The molecule has 4 aliphatic rings. The predicted octanol–water partition coefficient (Wildman–Crippen LogP) is 1.89. The number of rotatable bonds is 1. The normalized spacial score (nSPS) is 30.5. The van der Waals surface area contributed by atoms with Crippen LogP contribution in [-0.4, -0.2) is 54.6 Å². The Morgan fingerprint density at radius 1 is 1.00 bits per heavy atom. The number of carbonyl (C=O) groups is 1. The number of benzene rings is 1. The van der Waals surface area contributed by atoms with Gasteiger partial charge in [-0.1, -0.05) is 24.3 Å². The van der Waals surface area contributed by atoms with Gasteiger partial charge < -0.3 is 15.1 Å². The number of piperidine rings is 3. The van der Waals surface area contributed by atoms with E-state index in [-0.39, 0.29) is 6.03 Å². The van der Waals surface area contributed by atoms with Crippen LogP contribution in [0.4, 0.5) is 4.79 Å². The fourth-order valence-corrected chi connectivity index (χ4v) is 4.25. The van der Waals surface area contributed by atoms with Crippen LogP contribution in [0.25, 0.3) is 0 Å². The summed E-state index contributed by atoms with van der Waals surface area (Å²) in [5, 5.41) is 3.32. The zero-order valence-electron chi connectivity index (χ0n) is 13.1. The third-order valence-electron chi connectivity index (χ3n) is 5.67. The van der Waals surface area contributed by atoms with Gasteiger partial charge in [-0.25, -0.2) is 4.79 Å². The van der Waals surface area contributed by atoms with E-state index < -0.39 is 0 Å². The van der Waals surface area contributed by atoms with Crippen molar-refractivity contribution >= 4 is 6.03 Å². The summed E-state index contributed by atoms with van der Waals surface area (Å²) in [7, 11) is 0. The number of carbonyl (C=O) groups excluding carboxylic acids is 1. The highest BCUT2D eigenvalue weighted by Crippen LogP contribution is 2.27. The molecule has 1 aromatic carbocycles. The summed E-state index contributed by atoms with van der Waals surface area (Å²) in [5.74, 6) is 0.693. The minimum absolute atomic E-state index is 0.145. The molecular weight excluding hydrogens is 274 g/mol. The summed E-state index contributed by atoms with van der Waals surface area (Å²) in [5.41, 5.74) is 2.81. The monoisotopic (exact) mass is 299 g/mol. The molecule has 3 saturated heterocycles. The van der Waals surface area contributed by atoms with Gasteiger partial charge in [0.1, 0.15) is 0 Å². The number of amides is 2. The van der Waals surface area contributed by atoms with E-state index in [1.165, 1.54) is 37.1 Å². The summed E-state index contributed by atoms with van der Waals surface area (Å²) in [6.07, 6.45) is 4.44. The van der Waals surface area contributed by atoms with E-state index in [0.717, 1.165) is 32.5 Å². The molecule has 4 heteroatoms. The second-order valence-electron chi connectivity index (χ2n) is 6.95.